The minimum absolute atomic E-state index is 0.301. The molecule has 144 valence electrons. The lowest BCUT2D eigenvalue weighted by Gasteiger charge is -2.12. The second kappa shape index (κ2) is 8.43. The predicted molar refractivity (Wildman–Crippen MR) is 111 cm³/mol. The summed E-state index contributed by atoms with van der Waals surface area (Å²) in [6, 6.07) is 14.8. The number of anilines is 3. The van der Waals surface area contributed by atoms with Gasteiger partial charge in [0.1, 0.15) is 17.2 Å². The number of pyridine rings is 1. The molecule has 0 spiro atoms. The zero-order valence-corrected chi connectivity index (χ0v) is 16.4. The highest BCUT2D eigenvalue weighted by Gasteiger charge is 2.12. The van der Waals surface area contributed by atoms with Gasteiger partial charge in [0.15, 0.2) is 0 Å². The molecule has 3 aromatic rings. The summed E-state index contributed by atoms with van der Waals surface area (Å²) in [5.41, 5.74) is 5.05. The van der Waals surface area contributed by atoms with Crippen molar-refractivity contribution < 1.29 is 14.3 Å². The van der Waals surface area contributed by atoms with E-state index in [1.807, 2.05) is 12.1 Å². The molecule has 0 fully saturated rings. The molecule has 0 saturated heterocycles. The van der Waals surface area contributed by atoms with Crippen LogP contribution in [0.5, 0.6) is 11.5 Å². The number of nitrogens with zero attached hydrogens (tertiary/aromatic N) is 1. The minimum Gasteiger partial charge on any atom is -0.497 e. The van der Waals surface area contributed by atoms with E-state index in [2.05, 4.69) is 41.6 Å². The van der Waals surface area contributed by atoms with Gasteiger partial charge in [0.05, 0.1) is 31.8 Å². The van der Waals surface area contributed by atoms with Gasteiger partial charge < -0.3 is 20.1 Å². The number of carbonyl (C=O) groups is 1. The second-order valence-corrected chi connectivity index (χ2v) is 6.38. The van der Waals surface area contributed by atoms with Crippen LogP contribution in [0, 0.1) is 13.8 Å². The fourth-order valence-corrected chi connectivity index (χ4v) is 2.69. The molecule has 6 nitrogen and oxygen atoms in total. The Hall–Kier alpha value is -3.54. The number of benzene rings is 2. The molecule has 2 aromatic carbocycles. The summed E-state index contributed by atoms with van der Waals surface area (Å²) in [6.07, 6.45) is 1.63. The predicted octanol–water partition coefficient (Wildman–Crippen LogP) is 4.71. The van der Waals surface area contributed by atoms with Gasteiger partial charge >= 0.3 is 0 Å². The molecule has 0 atom stereocenters. The number of amides is 1. The van der Waals surface area contributed by atoms with E-state index in [1.165, 1.54) is 11.1 Å². The molecule has 0 aliphatic carbocycles. The summed E-state index contributed by atoms with van der Waals surface area (Å²) in [6.45, 7) is 4.14. The molecule has 0 aliphatic rings. The van der Waals surface area contributed by atoms with E-state index in [-0.39, 0.29) is 5.91 Å². The van der Waals surface area contributed by atoms with Crippen molar-refractivity contribution >= 4 is 23.0 Å². The Morgan fingerprint density at radius 1 is 0.893 bits per heavy atom. The second-order valence-electron chi connectivity index (χ2n) is 6.38. The maximum Gasteiger partial charge on any atom is 0.274 e. The summed E-state index contributed by atoms with van der Waals surface area (Å²) in [4.78, 5) is 16.8. The maximum atomic E-state index is 12.5. The topological polar surface area (TPSA) is 72.5 Å². The third kappa shape index (κ3) is 4.40. The number of nitrogens with one attached hydrogen (secondary N) is 2. The highest BCUT2D eigenvalue weighted by atomic mass is 16.5. The number of aryl methyl sites for hydroxylation is 2. The monoisotopic (exact) mass is 377 g/mol. The molecule has 0 unspecified atom stereocenters. The van der Waals surface area contributed by atoms with Gasteiger partial charge in [-0.3, -0.25) is 4.79 Å². The van der Waals surface area contributed by atoms with E-state index >= 15 is 0 Å². The minimum atomic E-state index is -0.329. The van der Waals surface area contributed by atoms with Crippen molar-refractivity contribution in [2.24, 2.45) is 0 Å². The van der Waals surface area contributed by atoms with E-state index < -0.39 is 0 Å². The van der Waals surface area contributed by atoms with Gasteiger partial charge in [-0.2, -0.15) is 0 Å². The van der Waals surface area contributed by atoms with Crippen LogP contribution in [0.3, 0.4) is 0 Å². The Bertz CT molecular complexity index is 985. The van der Waals surface area contributed by atoms with Crippen LogP contribution in [-0.2, 0) is 0 Å². The Labute approximate surface area is 164 Å². The van der Waals surface area contributed by atoms with Gasteiger partial charge in [-0.05, 0) is 61.4 Å². The van der Waals surface area contributed by atoms with Gasteiger partial charge in [-0.25, -0.2) is 4.98 Å². The van der Waals surface area contributed by atoms with Crippen LogP contribution in [0.1, 0.15) is 21.6 Å². The smallest absolute Gasteiger partial charge is 0.274 e. The highest BCUT2D eigenvalue weighted by molar-refractivity contribution is 6.03. The largest absolute Gasteiger partial charge is 0.497 e. The SMILES string of the molecule is COc1ccc(OC)c(NC(=O)c2ccc(Nc3ccc(C)c(C)c3)cn2)c1. The first-order valence-corrected chi connectivity index (χ1v) is 8.84. The molecule has 1 amide bonds. The molecule has 1 aromatic heterocycles. The maximum absolute atomic E-state index is 12.5. The van der Waals surface area contributed by atoms with Crippen molar-refractivity contribution in [3.8, 4) is 11.5 Å². The molecule has 0 radical (unpaired) electrons. The van der Waals surface area contributed by atoms with Crippen molar-refractivity contribution in [1.29, 1.82) is 0 Å². The zero-order valence-electron chi connectivity index (χ0n) is 16.4. The first-order chi connectivity index (χ1) is 13.5. The summed E-state index contributed by atoms with van der Waals surface area (Å²) in [5.74, 6) is 0.837. The average molecular weight is 377 g/mol. The van der Waals surface area contributed by atoms with Crippen molar-refractivity contribution in [2.75, 3.05) is 24.9 Å². The van der Waals surface area contributed by atoms with Crippen molar-refractivity contribution in [1.82, 2.24) is 4.98 Å². The number of rotatable bonds is 6. The molecule has 28 heavy (non-hydrogen) atoms. The van der Waals surface area contributed by atoms with Gasteiger partial charge in [-0.1, -0.05) is 6.07 Å². The summed E-state index contributed by atoms with van der Waals surface area (Å²) >= 11 is 0. The van der Waals surface area contributed by atoms with Crippen LogP contribution in [-0.4, -0.2) is 25.1 Å². The molecular formula is C22H23N3O3. The van der Waals surface area contributed by atoms with Crippen LogP contribution in [0.2, 0.25) is 0 Å². The summed E-state index contributed by atoms with van der Waals surface area (Å²) in [5, 5.41) is 6.10. The number of carbonyl (C=O) groups excluding carboxylic acids is 1. The average Bonchev–Trinajstić information content (AvgIpc) is 2.71. The van der Waals surface area contributed by atoms with Crippen LogP contribution in [0.4, 0.5) is 17.1 Å². The molecule has 0 bridgehead atoms. The zero-order chi connectivity index (χ0) is 20.1. The summed E-state index contributed by atoms with van der Waals surface area (Å²) < 4.78 is 10.5. The van der Waals surface area contributed by atoms with Crippen molar-refractivity contribution in [3.05, 3.63) is 71.5 Å². The van der Waals surface area contributed by atoms with E-state index in [0.29, 0.717) is 22.9 Å². The van der Waals surface area contributed by atoms with Gasteiger partial charge in [-0.15, -0.1) is 0 Å². The van der Waals surface area contributed by atoms with Crippen LogP contribution in [0.15, 0.2) is 54.7 Å². The lowest BCUT2D eigenvalue weighted by molar-refractivity contribution is 0.102. The molecule has 3 rings (SSSR count). The number of aromatic nitrogens is 1. The lowest BCUT2D eigenvalue weighted by Crippen LogP contribution is -2.14. The fraction of sp³-hybridized carbons (Fsp3) is 0.182. The molecule has 0 saturated carbocycles. The Morgan fingerprint density at radius 3 is 2.32 bits per heavy atom. The van der Waals surface area contributed by atoms with E-state index in [4.69, 9.17) is 9.47 Å². The van der Waals surface area contributed by atoms with E-state index in [1.54, 1.807) is 44.7 Å². The standard InChI is InChI=1S/C22H23N3O3/c1-14-5-6-16(11-15(14)2)24-17-7-9-19(23-13-17)22(26)25-20-12-18(27-3)8-10-21(20)28-4/h5-13,24H,1-4H3,(H,25,26). The third-order valence-electron chi connectivity index (χ3n) is 4.45. The number of hydrogen-bond acceptors (Lipinski definition) is 5. The van der Waals surface area contributed by atoms with Gasteiger partial charge in [0.2, 0.25) is 0 Å². The van der Waals surface area contributed by atoms with Crippen LogP contribution < -0.4 is 20.1 Å². The van der Waals surface area contributed by atoms with Gasteiger partial charge in [0.25, 0.3) is 5.91 Å². The lowest BCUT2D eigenvalue weighted by atomic mass is 10.1. The normalized spacial score (nSPS) is 10.3. The highest BCUT2D eigenvalue weighted by Crippen LogP contribution is 2.29. The van der Waals surface area contributed by atoms with Crippen LogP contribution >= 0.6 is 0 Å². The number of ether oxygens (including phenoxy) is 2. The van der Waals surface area contributed by atoms with E-state index in [0.717, 1.165) is 11.4 Å². The Morgan fingerprint density at radius 2 is 1.68 bits per heavy atom. The molecule has 0 aliphatic heterocycles. The third-order valence-corrected chi connectivity index (χ3v) is 4.45. The van der Waals surface area contributed by atoms with Crippen molar-refractivity contribution in [3.63, 3.8) is 0 Å². The first kappa shape index (κ1) is 19.2. The van der Waals surface area contributed by atoms with Gasteiger partial charge in [0, 0.05) is 11.8 Å². The Balaban J connectivity index is 1.72. The molecule has 1 heterocycles. The number of hydrogen-bond donors (Lipinski definition) is 2. The van der Waals surface area contributed by atoms with E-state index in [9.17, 15) is 4.79 Å². The first-order valence-electron chi connectivity index (χ1n) is 8.84. The number of methoxy groups -OCH3 is 2. The van der Waals surface area contributed by atoms with Crippen molar-refractivity contribution in [2.45, 2.75) is 13.8 Å². The molecule has 2 N–H and O–H groups in total. The Kier molecular flexibility index (Phi) is 5.79. The quantitative estimate of drug-likeness (QED) is 0.651. The summed E-state index contributed by atoms with van der Waals surface area (Å²) in [7, 11) is 3.11. The van der Waals surface area contributed by atoms with Crippen LogP contribution in [0.25, 0.3) is 0 Å². The fourth-order valence-electron chi connectivity index (χ4n) is 2.69. The molecular weight excluding hydrogens is 354 g/mol. The molecule has 6 heteroatoms.